The fraction of sp³-hybridized carbons (Fsp3) is 0.556. The lowest BCUT2D eigenvalue weighted by molar-refractivity contribution is -0.120. The summed E-state index contributed by atoms with van der Waals surface area (Å²) >= 11 is 1.39. The fourth-order valence-electron chi connectivity index (χ4n) is 3.22. The molecule has 0 aliphatic carbocycles. The number of aromatic nitrogens is 1. The van der Waals surface area contributed by atoms with Gasteiger partial charge in [0.1, 0.15) is 5.75 Å². The van der Waals surface area contributed by atoms with E-state index in [0.717, 1.165) is 16.0 Å². The number of sulfonamides is 1. The number of carbonyl (C=O) groups excluding carboxylic acids is 1. The van der Waals surface area contributed by atoms with E-state index in [1.54, 1.807) is 0 Å². The Kier molecular flexibility index (Phi) is 6.33. The predicted octanol–water partition coefficient (Wildman–Crippen LogP) is 3.09. The van der Waals surface area contributed by atoms with Gasteiger partial charge in [-0.2, -0.15) is 0 Å². The Labute approximate surface area is 163 Å². The number of hydrogen-bond acceptors (Lipinski definition) is 6. The summed E-state index contributed by atoms with van der Waals surface area (Å²) in [5.41, 5.74) is 0.801. The number of piperidine rings is 1. The van der Waals surface area contributed by atoms with Crippen LogP contribution in [0, 0.1) is 5.92 Å². The molecule has 9 heteroatoms. The molecular weight excluding hydrogens is 386 g/mol. The van der Waals surface area contributed by atoms with Crippen LogP contribution in [0.5, 0.6) is 5.75 Å². The van der Waals surface area contributed by atoms with Crippen LogP contribution in [-0.2, 0) is 14.8 Å². The second kappa shape index (κ2) is 8.53. The van der Waals surface area contributed by atoms with Crippen LogP contribution in [0.1, 0.15) is 33.1 Å². The Morgan fingerprint density at radius 3 is 2.96 bits per heavy atom. The number of amides is 1. The van der Waals surface area contributed by atoms with Gasteiger partial charge in [-0.1, -0.05) is 18.3 Å². The molecule has 0 radical (unpaired) electrons. The van der Waals surface area contributed by atoms with Gasteiger partial charge in [0.15, 0.2) is 5.13 Å². The summed E-state index contributed by atoms with van der Waals surface area (Å²) in [6.45, 7) is 5.10. The molecule has 1 N–H and O–H groups in total. The second-order valence-electron chi connectivity index (χ2n) is 6.58. The van der Waals surface area contributed by atoms with E-state index in [1.807, 2.05) is 32.0 Å². The van der Waals surface area contributed by atoms with E-state index in [9.17, 15) is 13.2 Å². The maximum Gasteiger partial charge on any atom is 0.230 e. The van der Waals surface area contributed by atoms with Crippen LogP contribution in [0.3, 0.4) is 0 Å². The van der Waals surface area contributed by atoms with Crippen molar-refractivity contribution in [1.29, 1.82) is 0 Å². The van der Waals surface area contributed by atoms with Gasteiger partial charge < -0.3 is 10.1 Å². The summed E-state index contributed by atoms with van der Waals surface area (Å²) in [6.07, 6.45) is 1.95. The number of carbonyl (C=O) groups is 1. The van der Waals surface area contributed by atoms with Crippen LogP contribution in [0.25, 0.3) is 10.2 Å². The highest BCUT2D eigenvalue weighted by Gasteiger charge is 2.32. The first kappa shape index (κ1) is 20.0. The quantitative estimate of drug-likeness (QED) is 0.756. The lowest BCUT2D eigenvalue weighted by Crippen LogP contribution is -2.44. The molecule has 0 saturated carbocycles. The molecule has 148 valence electrons. The van der Waals surface area contributed by atoms with Gasteiger partial charge in [-0.3, -0.25) is 4.79 Å². The SMILES string of the molecule is CCCS(=O)(=O)N1CCCC(C(=O)Nc2nc3ccc(OCC)cc3s2)C1. The highest BCUT2D eigenvalue weighted by Crippen LogP contribution is 2.30. The number of thiazole rings is 1. The van der Waals surface area contributed by atoms with Gasteiger partial charge in [0, 0.05) is 13.1 Å². The lowest BCUT2D eigenvalue weighted by atomic mass is 9.99. The zero-order valence-corrected chi connectivity index (χ0v) is 17.2. The molecule has 1 fully saturated rings. The molecule has 2 aromatic rings. The average Bonchev–Trinajstić information content (AvgIpc) is 3.03. The van der Waals surface area contributed by atoms with E-state index >= 15 is 0 Å². The third kappa shape index (κ3) is 4.77. The van der Waals surface area contributed by atoms with Crippen LogP contribution >= 0.6 is 11.3 Å². The van der Waals surface area contributed by atoms with Gasteiger partial charge >= 0.3 is 0 Å². The Balaban J connectivity index is 1.68. The highest BCUT2D eigenvalue weighted by atomic mass is 32.2. The van der Waals surface area contributed by atoms with Crippen molar-refractivity contribution in [3.63, 3.8) is 0 Å². The molecule has 1 aliphatic heterocycles. The molecule has 7 nitrogen and oxygen atoms in total. The van der Waals surface area contributed by atoms with Gasteiger partial charge in [-0.05, 0) is 44.4 Å². The Morgan fingerprint density at radius 1 is 1.41 bits per heavy atom. The lowest BCUT2D eigenvalue weighted by Gasteiger charge is -2.30. The maximum absolute atomic E-state index is 12.7. The minimum Gasteiger partial charge on any atom is -0.494 e. The topological polar surface area (TPSA) is 88.6 Å². The normalized spacial score (nSPS) is 18.5. The third-order valence-electron chi connectivity index (χ3n) is 4.51. The number of nitrogens with one attached hydrogen (secondary N) is 1. The molecular formula is C18H25N3O4S2. The van der Waals surface area contributed by atoms with Crippen LogP contribution in [0.4, 0.5) is 5.13 Å². The number of fused-ring (bicyclic) bond motifs is 1. The number of nitrogens with zero attached hydrogens (tertiary/aromatic N) is 2. The van der Waals surface area contributed by atoms with Crippen molar-refractivity contribution in [2.45, 2.75) is 33.1 Å². The first-order chi connectivity index (χ1) is 12.9. The molecule has 1 aromatic carbocycles. The molecule has 1 amide bonds. The Morgan fingerprint density at radius 2 is 2.22 bits per heavy atom. The van der Waals surface area contributed by atoms with Gasteiger partial charge in [-0.25, -0.2) is 17.7 Å². The van der Waals surface area contributed by atoms with Gasteiger partial charge in [-0.15, -0.1) is 0 Å². The monoisotopic (exact) mass is 411 g/mol. The van der Waals surface area contributed by atoms with Crippen LogP contribution in [0.15, 0.2) is 18.2 Å². The third-order valence-corrected chi connectivity index (χ3v) is 7.49. The van der Waals surface area contributed by atoms with Crippen LogP contribution in [-0.4, -0.2) is 49.1 Å². The number of rotatable bonds is 7. The average molecular weight is 412 g/mol. The summed E-state index contributed by atoms with van der Waals surface area (Å²) in [6, 6.07) is 5.63. The zero-order chi connectivity index (χ0) is 19.4. The molecule has 0 bridgehead atoms. The molecule has 3 rings (SSSR count). The van der Waals surface area contributed by atoms with E-state index in [1.165, 1.54) is 15.6 Å². The second-order valence-corrected chi connectivity index (χ2v) is 9.70. The summed E-state index contributed by atoms with van der Waals surface area (Å²) in [7, 11) is -3.28. The first-order valence-corrected chi connectivity index (χ1v) is 11.7. The Hall–Kier alpha value is -1.71. The molecule has 2 heterocycles. The maximum atomic E-state index is 12.7. The van der Waals surface area contributed by atoms with Crippen molar-refractivity contribution in [3.8, 4) is 5.75 Å². The molecule has 1 aromatic heterocycles. The summed E-state index contributed by atoms with van der Waals surface area (Å²) in [5.74, 6) is 0.379. The molecule has 1 saturated heterocycles. The zero-order valence-electron chi connectivity index (χ0n) is 15.6. The summed E-state index contributed by atoms with van der Waals surface area (Å²) < 4.78 is 32.5. The van der Waals surface area contributed by atoms with Gasteiger partial charge in [0.2, 0.25) is 15.9 Å². The van der Waals surface area contributed by atoms with Crippen molar-refractivity contribution in [3.05, 3.63) is 18.2 Å². The summed E-state index contributed by atoms with van der Waals surface area (Å²) in [5, 5.41) is 3.39. The minimum atomic E-state index is -3.28. The van der Waals surface area contributed by atoms with Crippen LogP contribution in [0.2, 0.25) is 0 Å². The molecule has 1 atom stereocenters. The van der Waals surface area contributed by atoms with Crippen molar-refractivity contribution < 1.29 is 17.9 Å². The predicted molar refractivity (Wildman–Crippen MR) is 108 cm³/mol. The van der Waals surface area contributed by atoms with E-state index in [4.69, 9.17) is 4.74 Å². The van der Waals surface area contributed by atoms with E-state index in [-0.39, 0.29) is 24.1 Å². The van der Waals surface area contributed by atoms with Crippen molar-refractivity contribution in [2.24, 2.45) is 5.92 Å². The molecule has 27 heavy (non-hydrogen) atoms. The van der Waals surface area contributed by atoms with Crippen molar-refractivity contribution >= 4 is 42.6 Å². The number of hydrogen-bond donors (Lipinski definition) is 1. The fourth-order valence-corrected chi connectivity index (χ4v) is 5.70. The smallest absolute Gasteiger partial charge is 0.230 e. The van der Waals surface area contributed by atoms with Crippen molar-refractivity contribution in [2.75, 3.05) is 30.8 Å². The van der Waals surface area contributed by atoms with E-state index < -0.39 is 10.0 Å². The number of benzene rings is 1. The standard InChI is InChI=1S/C18H25N3O4S2/c1-3-10-27(23,24)21-9-5-6-13(12-21)17(22)20-18-19-15-8-7-14(25-4-2)11-16(15)26-18/h7-8,11,13H,3-6,9-10,12H2,1-2H3,(H,19,20,22). The largest absolute Gasteiger partial charge is 0.494 e. The van der Waals surface area contributed by atoms with E-state index in [0.29, 0.717) is 37.5 Å². The first-order valence-electron chi connectivity index (χ1n) is 9.25. The summed E-state index contributed by atoms with van der Waals surface area (Å²) in [4.78, 5) is 17.1. The number of ether oxygens (including phenoxy) is 1. The molecule has 1 unspecified atom stereocenters. The van der Waals surface area contributed by atoms with Crippen LogP contribution < -0.4 is 10.1 Å². The van der Waals surface area contributed by atoms with Crippen molar-refractivity contribution in [1.82, 2.24) is 9.29 Å². The highest BCUT2D eigenvalue weighted by molar-refractivity contribution is 7.89. The van der Waals surface area contributed by atoms with Gasteiger partial charge in [0.05, 0.1) is 28.5 Å². The minimum absolute atomic E-state index is 0.126. The van der Waals surface area contributed by atoms with E-state index in [2.05, 4.69) is 10.3 Å². The number of anilines is 1. The Bertz CT molecular complexity index is 910. The molecule has 1 aliphatic rings. The van der Waals surface area contributed by atoms with Gasteiger partial charge in [0.25, 0.3) is 0 Å². The molecule has 0 spiro atoms.